The van der Waals surface area contributed by atoms with E-state index in [9.17, 15) is 14.0 Å². The third-order valence-electron chi connectivity index (χ3n) is 5.40. The minimum atomic E-state index is -0.306. The number of aromatic nitrogens is 2. The first-order chi connectivity index (χ1) is 14.3. The first kappa shape index (κ1) is 21.9. The Labute approximate surface area is 176 Å². The Morgan fingerprint density at radius 2 is 1.87 bits per heavy atom. The average Bonchev–Trinajstić information content (AvgIpc) is 2.72. The van der Waals surface area contributed by atoms with Crippen molar-refractivity contribution in [2.45, 2.75) is 52.5 Å². The molecule has 0 unspecified atom stereocenters. The Kier molecular flexibility index (Phi) is 7.13. The highest BCUT2D eigenvalue weighted by Gasteiger charge is 2.26. The Bertz CT molecular complexity index is 891. The molecule has 30 heavy (non-hydrogen) atoms. The van der Waals surface area contributed by atoms with Gasteiger partial charge in [0.25, 0.3) is 5.91 Å². The molecule has 0 atom stereocenters. The molecule has 1 fully saturated rings. The number of piperidine rings is 1. The molecule has 1 aromatic carbocycles. The lowest BCUT2D eigenvalue weighted by Gasteiger charge is -2.32. The molecule has 2 heterocycles. The minimum absolute atomic E-state index is 0.197. The van der Waals surface area contributed by atoms with Crippen LogP contribution in [-0.4, -0.2) is 39.8 Å². The SMILES string of the molecule is Cc1nc(C2CCN(C(=O)CC(C)C)CC2)ncc1C(=O)NCc1ccc(F)cc1. The second-order valence-electron chi connectivity index (χ2n) is 8.29. The maximum absolute atomic E-state index is 13.0. The standard InChI is InChI=1S/C23H29FN4O2/c1-15(2)12-21(29)28-10-8-18(9-11-28)22-25-14-20(16(3)27-22)23(30)26-13-17-4-6-19(24)7-5-17/h4-7,14-15,18H,8-13H2,1-3H3,(H,26,30). The summed E-state index contributed by atoms with van der Waals surface area (Å²) in [6.07, 6.45) is 3.83. The van der Waals surface area contributed by atoms with E-state index in [2.05, 4.69) is 29.1 Å². The molecule has 1 N–H and O–H groups in total. The largest absolute Gasteiger partial charge is 0.348 e. The second-order valence-corrected chi connectivity index (χ2v) is 8.29. The van der Waals surface area contributed by atoms with Gasteiger partial charge in [-0.2, -0.15) is 0 Å². The summed E-state index contributed by atoms with van der Waals surface area (Å²) in [5.41, 5.74) is 1.89. The molecule has 3 rings (SSSR count). The van der Waals surface area contributed by atoms with Gasteiger partial charge in [-0.3, -0.25) is 9.59 Å². The van der Waals surface area contributed by atoms with Crippen molar-refractivity contribution in [2.24, 2.45) is 5.92 Å². The van der Waals surface area contributed by atoms with Gasteiger partial charge in [0.2, 0.25) is 5.91 Å². The molecule has 7 heteroatoms. The van der Waals surface area contributed by atoms with Gasteiger partial charge < -0.3 is 10.2 Å². The van der Waals surface area contributed by atoms with Gasteiger partial charge in [0.1, 0.15) is 11.6 Å². The average molecular weight is 413 g/mol. The highest BCUT2D eigenvalue weighted by Crippen LogP contribution is 2.26. The molecular weight excluding hydrogens is 383 g/mol. The monoisotopic (exact) mass is 412 g/mol. The molecule has 1 aromatic heterocycles. The number of aryl methyl sites for hydroxylation is 1. The molecule has 1 aliphatic rings. The zero-order chi connectivity index (χ0) is 21.7. The molecule has 0 saturated carbocycles. The summed E-state index contributed by atoms with van der Waals surface area (Å²) in [4.78, 5) is 35.7. The molecule has 2 amide bonds. The smallest absolute Gasteiger partial charge is 0.254 e. The van der Waals surface area contributed by atoms with E-state index in [0.29, 0.717) is 30.1 Å². The number of rotatable bonds is 6. The predicted molar refractivity (Wildman–Crippen MR) is 112 cm³/mol. The molecule has 0 bridgehead atoms. The summed E-state index contributed by atoms with van der Waals surface area (Å²) in [6, 6.07) is 6.01. The van der Waals surface area contributed by atoms with E-state index in [0.717, 1.165) is 37.3 Å². The van der Waals surface area contributed by atoms with Crippen LogP contribution in [0.3, 0.4) is 0 Å². The number of amides is 2. The number of hydrogen-bond donors (Lipinski definition) is 1. The van der Waals surface area contributed by atoms with Crippen molar-refractivity contribution in [2.75, 3.05) is 13.1 Å². The van der Waals surface area contributed by atoms with Crippen LogP contribution >= 0.6 is 0 Å². The van der Waals surface area contributed by atoms with Crippen LogP contribution in [-0.2, 0) is 11.3 Å². The van der Waals surface area contributed by atoms with Gasteiger partial charge in [-0.15, -0.1) is 0 Å². The molecule has 0 radical (unpaired) electrons. The van der Waals surface area contributed by atoms with Gasteiger partial charge >= 0.3 is 0 Å². The Balaban J connectivity index is 1.56. The van der Waals surface area contributed by atoms with Gasteiger partial charge in [-0.05, 0) is 43.4 Å². The summed E-state index contributed by atoms with van der Waals surface area (Å²) in [6.45, 7) is 7.66. The lowest BCUT2D eigenvalue weighted by Crippen LogP contribution is -2.38. The van der Waals surface area contributed by atoms with E-state index in [1.54, 1.807) is 25.3 Å². The van der Waals surface area contributed by atoms with Crippen molar-refractivity contribution in [3.63, 3.8) is 0 Å². The third-order valence-corrected chi connectivity index (χ3v) is 5.40. The first-order valence-electron chi connectivity index (χ1n) is 10.5. The molecule has 1 saturated heterocycles. The molecule has 6 nitrogen and oxygen atoms in total. The molecular formula is C23H29FN4O2. The molecule has 1 aliphatic heterocycles. The first-order valence-corrected chi connectivity index (χ1v) is 10.5. The molecule has 160 valence electrons. The zero-order valence-electron chi connectivity index (χ0n) is 17.8. The van der Waals surface area contributed by atoms with Crippen molar-refractivity contribution in [1.82, 2.24) is 20.2 Å². The number of carbonyl (C=O) groups is 2. The van der Waals surface area contributed by atoms with E-state index in [1.807, 2.05) is 4.90 Å². The highest BCUT2D eigenvalue weighted by atomic mass is 19.1. The predicted octanol–water partition coefficient (Wildman–Crippen LogP) is 3.61. The number of nitrogens with zero attached hydrogens (tertiary/aromatic N) is 3. The van der Waals surface area contributed by atoms with E-state index >= 15 is 0 Å². The van der Waals surface area contributed by atoms with Crippen LogP contribution in [0.4, 0.5) is 4.39 Å². The minimum Gasteiger partial charge on any atom is -0.348 e. The number of carbonyl (C=O) groups excluding carboxylic acids is 2. The maximum atomic E-state index is 13.0. The Hall–Kier alpha value is -2.83. The van der Waals surface area contributed by atoms with Crippen LogP contribution in [0.25, 0.3) is 0 Å². The van der Waals surface area contributed by atoms with Crippen LogP contribution in [0.2, 0.25) is 0 Å². The maximum Gasteiger partial charge on any atom is 0.254 e. The summed E-state index contributed by atoms with van der Waals surface area (Å²) in [5, 5.41) is 2.82. The fraction of sp³-hybridized carbons (Fsp3) is 0.478. The van der Waals surface area contributed by atoms with Gasteiger partial charge in [-0.25, -0.2) is 14.4 Å². The van der Waals surface area contributed by atoms with Crippen LogP contribution in [0.1, 0.15) is 66.5 Å². The van der Waals surface area contributed by atoms with Crippen LogP contribution in [0.15, 0.2) is 30.5 Å². The van der Waals surface area contributed by atoms with Gasteiger partial charge in [0, 0.05) is 38.2 Å². The Morgan fingerprint density at radius 1 is 1.20 bits per heavy atom. The normalized spacial score (nSPS) is 14.8. The fourth-order valence-corrected chi connectivity index (χ4v) is 3.65. The van der Waals surface area contributed by atoms with Crippen LogP contribution < -0.4 is 5.32 Å². The highest BCUT2D eigenvalue weighted by molar-refractivity contribution is 5.94. The van der Waals surface area contributed by atoms with Gasteiger partial charge in [0.05, 0.1) is 11.3 Å². The summed E-state index contributed by atoms with van der Waals surface area (Å²) in [5.74, 6) is 0.954. The van der Waals surface area contributed by atoms with Gasteiger partial charge in [0.15, 0.2) is 0 Å². The lowest BCUT2D eigenvalue weighted by molar-refractivity contribution is -0.133. The lowest BCUT2D eigenvalue weighted by atomic mass is 9.95. The van der Waals surface area contributed by atoms with Crippen molar-refractivity contribution in [3.8, 4) is 0 Å². The number of nitrogens with one attached hydrogen (secondary N) is 1. The summed E-state index contributed by atoms with van der Waals surface area (Å²) >= 11 is 0. The topological polar surface area (TPSA) is 75.2 Å². The van der Waals surface area contributed by atoms with E-state index < -0.39 is 0 Å². The fourth-order valence-electron chi connectivity index (χ4n) is 3.65. The molecule has 0 spiro atoms. The van der Waals surface area contributed by atoms with E-state index in [1.165, 1.54) is 12.1 Å². The summed E-state index contributed by atoms with van der Waals surface area (Å²) in [7, 11) is 0. The molecule has 2 aromatic rings. The van der Waals surface area contributed by atoms with Gasteiger partial charge in [-0.1, -0.05) is 26.0 Å². The number of hydrogen-bond acceptors (Lipinski definition) is 4. The quantitative estimate of drug-likeness (QED) is 0.787. The third kappa shape index (κ3) is 5.62. The number of benzene rings is 1. The number of likely N-dealkylation sites (tertiary alicyclic amines) is 1. The second kappa shape index (κ2) is 9.78. The van der Waals surface area contributed by atoms with Crippen LogP contribution in [0, 0.1) is 18.7 Å². The van der Waals surface area contributed by atoms with Crippen molar-refractivity contribution < 1.29 is 14.0 Å². The summed E-state index contributed by atoms with van der Waals surface area (Å²) < 4.78 is 13.0. The Morgan fingerprint density at radius 3 is 2.47 bits per heavy atom. The van der Waals surface area contributed by atoms with Crippen molar-refractivity contribution in [3.05, 3.63) is 58.9 Å². The van der Waals surface area contributed by atoms with E-state index in [-0.39, 0.29) is 23.5 Å². The van der Waals surface area contributed by atoms with Crippen LogP contribution in [0.5, 0.6) is 0 Å². The van der Waals surface area contributed by atoms with Crippen molar-refractivity contribution in [1.29, 1.82) is 0 Å². The van der Waals surface area contributed by atoms with Crippen molar-refractivity contribution >= 4 is 11.8 Å². The van der Waals surface area contributed by atoms with E-state index in [4.69, 9.17) is 0 Å². The number of halogens is 1. The molecule has 0 aliphatic carbocycles. The zero-order valence-corrected chi connectivity index (χ0v) is 17.8.